The lowest BCUT2D eigenvalue weighted by Crippen LogP contribution is -2.30. The minimum absolute atomic E-state index is 0.154. The minimum atomic E-state index is -3.76. The number of aliphatic hydroxyl groups is 1. The number of nitrogens with zero attached hydrogens (tertiary/aromatic N) is 1. The van der Waals surface area contributed by atoms with E-state index >= 15 is 0 Å². The third-order valence-electron chi connectivity index (χ3n) is 7.80. The van der Waals surface area contributed by atoms with Gasteiger partial charge in [0.15, 0.2) is 0 Å². The van der Waals surface area contributed by atoms with E-state index in [0.717, 1.165) is 24.7 Å². The maximum atomic E-state index is 12.6. The summed E-state index contributed by atoms with van der Waals surface area (Å²) in [5.41, 5.74) is 4.56. The van der Waals surface area contributed by atoms with Gasteiger partial charge in [0, 0.05) is 30.4 Å². The van der Waals surface area contributed by atoms with Gasteiger partial charge in [0.2, 0.25) is 15.9 Å². The van der Waals surface area contributed by atoms with Crippen molar-refractivity contribution in [2.45, 2.75) is 45.3 Å². The second-order valence-corrected chi connectivity index (χ2v) is 12.6. The summed E-state index contributed by atoms with van der Waals surface area (Å²) in [6.07, 6.45) is 5.34. The topological polar surface area (TPSA) is 133 Å². The van der Waals surface area contributed by atoms with E-state index in [1.165, 1.54) is 18.2 Å². The Bertz CT molecular complexity index is 1510. The SMILES string of the molecule is COC(=O)c1cn(C[C@H](CC2Cc3ccccc3C2)[C@H](O)c2cc(OC)c(C)c(OC)c2)cc1CC(=O)NS(C)(=O)=O. The molecule has 0 spiro atoms. The van der Waals surface area contributed by atoms with Crippen molar-refractivity contribution in [2.75, 3.05) is 27.6 Å². The zero-order chi connectivity index (χ0) is 30.6. The highest BCUT2D eigenvalue weighted by Gasteiger charge is 2.31. The van der Waals surface area contributed by atoms with Crippen LogP contribution < -0.4 is 14.2 Å². The largest absolute Gasteiger partial charge is 0.496 e. The summed E-state index contributed by atoms with van der Waals surface area (Å²) in [4.78, 5) is 25.0. The standard InChI is InChI=1S/C31H38N2O8S/c1-19-27(39-2)13-23(14-28(19)40-3)30(35)25(12-20-10-21-8-6-7-9-22(21)11-20)17-33-16-24(26(18-33)31(36)41-4)15-29(34)32-42(5,37)38/h6-9,13-14,16,18,20,25,30,35H,10-12,15,17H2,1-5H3,(H,32,34)/t25-,30+/m0/s1. The Kier molecular flexibility index (Phi) is 9.63. The highest BCUT2D eigenvalue weighted by atomic mass is 32.2. The summed E-state index contributed by atoms with van der Waals surface area (Å²) in [6.45, 7) is 2.21. The summed E-state index contributed by atoms with van der Waals surface area (Å²) in [6, 6.07) is 12.0. The van der Waals surface area contributed by atoms with Crippen LogP contribution in [0.1, 0.15) is 50.7 Å². The van der Waals surface area contributed by atoms with Crippen LogP contribution in [0.25, 0.3) is 0 Å². The minimum Gasteiger partial charge on any atom is -0.496 e. The van der Waals surface area contributed by atoms with Crippen LogP contribution in [0, 0.1) is 18.8 Å². The number of nitrogens with one attached hydrogen (secondary N) is 1. The molecule has 0 unspecified atom stereocenters. The molecule has 11 heteroatoms. The van der Waals surface area contributed by atoms with Crippen molar-refractivity contribution in [1.82, 2.24) is 9.29 Å². The molecule has 0 fully saturated rings. The Morgan fingerprint density at radius 1 is 1.05 bits per heavy atom. The molecule has 4 rings (SSSR count). The lowest BCUT2D eigenvalue weighted by atomic mass is 9.85. The molecule has 0 saturated heterocycles. The molecule has 0 aliphatic heterocycles. The molecule has 2 atom stereocenters. The molecule has 1 aliphatic rings. The first-order valence-electron chi connectivity index (χ1n) is 13.7. The summed E-state index contributed by atoms with van der Waals surface area (Å²) in [5.74, 6) is -0.206. The third-order valence-corrected chi connectivity index (χ3v) is 8.40. The average molecular weight is 599 g/mol. The molecule has 0 bridgehead atoms. The molecule has 0 saturated carbocycles. The predicted octanol–water partition coefficient (Wildman–Crippen LogP) is 3.37. The van der Waals surface area contributed by atoms with E-state index in [9.17, 15) is 23.1 Å². The van der Waals surface area contributed by atoms with Crippen molar-refractivity contribution < 1.29 is 37.3 Å². The molecular formula is C31H38N2O8S. The van der Waals surface area contributed by atoms with Gasteiger partial charge in [0.05, 0.1) is 45.7 Å². The van der Waals surface area contributed by atoms with Gasteiger partial charge in [0.25, 0.3) is 0 Å². The lowest BCUT2D eigenvalue weighted by molar-refractivity contribution is -0.118. The van der Waals surface area contributed by atoms with Crippen LogP contribution in [0.2, 0.25) is 0 Å². The zero-order valence-electron chi connectivity index (χ0n) is 24.5. The Morgan fingerprint density at radius 2 is 1.64 bits per heavy atom. The van der Waals surface area contributed by atoms with Crippen LogP contribution in [-0.4, -0.2) is 57.6 Å². The fourth-order valence-electron chi connectivity index (χ4n) is 5.88. The first kappa shape index (κ1) is 31.1. The molecule has 3 aromatic rings. The fourth-order valence-corrected chi connectivity index (χ4v) is 6.37. The van der Waals surface area contributed by atoms with Crippen molar-refractivity contribution in [2.24, 2.45) is 11.8 Å². The zero-order valence-corrected chi connectivity index (χ0v) is 25.4. The van der Waals surface area contributed by atoms with Gasteiger partial charge in [-0.3, -0.25) is 9.52 Å². The molecule has 1 aliphatic carbocycles. The number of methoxy groups -OCH3 is 3. The molecule has 42 heavy (non-hydrogen) atoms. The molecule has 226 valence electrons. The number of aromatic nitrogens is 1. The van der Waals surface area contributed by atoms with E-state index in [1.807, 2.05) is 35.9 Å². The van der Waals surface area contributed by atoms with Gasteiger partial charge >= 0.3 is 5.97 Å². The second kappa shape index (κ2) is 13.0. The number of benzene rings is 2. The van der Waals surface area contributed by atoms with Crippen molar-refractivity contribution >= 4 is 21.9 Å². The van der Waals surface area contributed by atoms with E-state index in [0.29, 0.717) is 41.5 Å². The summed E-state index contributed by atoms with van der Waals surface area (Å²) in [5, 5.41) is 11.8. The Balaban J connectivity index is 1.67. The van der Waals surface area contributed by atoms with Gasteiger partial charge in [-0.1, -0.05) is 24.3 Å². The molecular weight excluding hydrogens is 560 g/mol. The third kappa shape index (κ3) is 7.32. The normalized spacial score (nSPS) is 14.6. The quantitative estimate of drug-likeness (QED) is 0.303. The van der Waals surface area contributed by atoms with Crippen LogP contribution in [0.5, 0.6) is 11.5 Å². The van der Waals surface area contributed by atoms with Crippen LogP contribution in [0.15, 0.2) is 48.8 Å². The second-order valence-electron chi connectivity index (χ2n) is 10.9. The molecule has 1 aromatic heterocycles. The summed E-state index contributed by atoms with van der Waals surface area (Å²) >= 11 is 0. The van der Waals surface area contributed by atoms with E-state index in [-0.39, 0.29) is 17.9 Å². The predicted molar refractivity (Wildman–Crippen MR) is 157 cm³/mol. The maximum Gasteiger partial charge on any atom is 0.339 e. The molecule has 0 radical (unpaired) electrons. The van der Waals surface area contributed by atoms with Crippen LogP contribution in [0.4, 0.5) is 0 Å². The van der Waals surface area contributed by atoms with Crippen molar-refractivity contribution in [1.29, 1.82) is 0 Å². The van der Waals surface area contributed by atoms with Gasteiger partial charge in [0.1, 0.15) is 11.5 Å². The molecule has 10 nitrogen and oxygen atoms in total. The lowest BCUT2D eigenvalue weighted by Gasteiger charge is -2.27. The number of hydrogen-bond acceptors (Lipinski definition) is 8. The van der Waals surface area contributed by atoms with E-state index in [2.05, 4.69) is 12.1 Å². The molecule has 2 N–H and O–H groups in total. The monoisotopic (exact) mass is 598 g/mol. The van der Waals surface area contributed by atoms with Crippen LogP contribution >= 0.6 is 0 Å². The molecule has 1 heterocycles. The number of aliphatic hydroxyl groups excluding tert-OH is 1. The van der Waals surface area contributed by atoms with Gasteiger partial charge < -0.3 is 23.9 Å². The number of sulfonamides is 1. The fraction of sp³-hybridized carbons (Fsp3) is 0.419. The first-order chi connectivity index (χ1) is 19.9. The summed E-state index contributed by atoms with van der Waals surface area (Å²) < 4.78 is 42.8. The average Bonchev–Trinajstić information content (AvgIpc) is 3.54. The Morgan fingerprint density at radius 3 is 2.17 bits per heavy atom. The van der Waals surface area contributed by atoms with Crippen molar-refractivity contribution in [3.63, 3.8) is 0 Å². The Labute approximate surface area is 246 Å². The number of hydrogen-bond donors (Lipinski definition) is 2. The van der Waals surface area contributed by atoms with Gasteiger partial charge in [-0.2, -0.15) is 0 Å². The molecule has 1 amide bonds. The number of ether oxygens (including phenoxy) is 3. The van der Waals surface area contributed by atoms with Crippen LogP contribution in [-0.2, 0) is 45.4 Å². The highest BCUT2D eigenvalue weighted by molar-refractivity contribution is 7.89. The first-order valence-corrected chi connectivity index (χ1v) is 15.6. The maximum absolute atomic E-state index is 12.6. The van der Waals surface area contributed by atoms with E-state index < -0.39 is 28.0 Å². The highest BCUT2D eigenvalue weighted by Crippen LogP contribution is 2.39. The Hall–Kier alpha value is -3.83. The number of amides is 1. The van der Waals surface area contributed by atoms with Crippen LogP contribution in [0.3, 0.4) is 0 Å². The van der Waals surface area contributed by atoms with Crippen molar-refractivity contribution in [3.05, 3.63) is 82.2 Å². The smallest absolute Gasteiger partial charge is 0.339 e. The van der Waals surface area contributed by atoms with Gasteiger partial charge in [-0.25, -0.2) is 13.2 Å². The van der Waals surface area contributed by atoms with Gasteiger partial charge in [-0.15, -0.1) is 0 Å². The van der Waals surface area contributed by atoms with E-state index in [1.54, 1.807) is 31.2 Å². The van der Waals surface area contributed by atoms with Gasteiger partial charge in [-0.05, 0) is 66.5 Å². The number of carbonyl (C=O) groups excluding carboxylic acids is 2. The van der Waals surface area contributed by atoms with E-state index in [4.69, 9.17) is 14.2 Å². The number of rotatable bonds is 12. The number of fused-ring (bicyclic) bond motifs is 1. The molecule has 2 aromatic carbocycles. The summed E-state index contributed by atoms with van der Waals surface area (Å²) in [7, 11) is 0.616. The number of carbonyl (C=O) groups is 2. The number of esters is 1. The van der Waals surface area contributed by atoms with Crippen molar-refractivity contribution in [3.8, 4) is 11.5 Å².